The fraction of sp³-hybridized carbons (Fsp3) is 0.533. The predicted molar refractivity (Wildman–Crippen MR) is 73.5 cm³/mol. The van der Waals surface area contributed by atoms with E-state index in [0.29, 0.717) is 5.92 Å². The monoisotopic (exact) mass is 249 g/mol. The van der Waals surface area contributed by atoms with Crippen molar-refractivity contribution >= 4 is 5.97 Å². The van der Waals surface area contributed by atoms with Gasteiger partial charge in [0.05, 0.1) is 6.42 Å². The maximum absolute atomic E-state index is 10.8. The van der Waals surface area contributed by atoms with Gasteiger partial charge in [0, 0.05) is 6.04 Å². The van der Waals surface area contributed by atoms with Crippen LogP contribution in [-0.4, -0.2) is 11.1 Å². The standard InChI is InChI=1S/C15H23NO2/c1-10(2)11-5-7-12(8-6-11)14(16)15(3,4)9-13(17)18/h5-8,10,14H,9,16H2,1-4H3,(H,17,18). The third-order valence-electron chi connectivity index (χ3n) is 3.41. The lowest BCUT2D eigenvalue weighted by molar-refractivity contribution is -0.139. The summed E-state index contributed by atoms with van der Waals surface area (Å²) in [6.45, 7) is 8.07. The molecule has 0 spiro atoms. The Labute approximate surface area is 109 Å². The molecular weight excluding hydrogens is 226 g/mol. The molecule has 1 rings (SSSR count). The summed E-state index contributed by atoms with van der Waals surface area (Å²) in [5.41, 5.74) is 7.99. The maximum Gasteiger partial charge on any atom is 0.303 e. The lowest BCUT2D eigenvalue weighted by Crippen LogP contribution is -2.31. The predicted octanol–water partition coefficient (Wildman–Crippen LogP) is 3.31. The van der Waals surface area contributed by atoms with E-state index in [2.05, 4.69) is 26.0 Å². The lowest BCUT2D eigenvalue weighted by atomic mass is 9.78. The number of hydrogen-bond donors (Lipinski definition) is 2. The van der Waals surface area contributed by atoms with Gasteiger partial charge in [-0.2, -0.15) is 0 Å². The SMILES string of the molecule is CC(C)c1ccc(C(N)C(C)(C)CC(=O)O)cc1. The van der Waals surface area contributed by atoms with E-state index in [1.54, 1.807) is 0 Å². The zero-order chi connectivity index (χ0) is 13.9. The molecule has 0 bridgehead atoms. The van der Waals surface area contributed by atoms with Crippen LogP contribution in [0.2, 0.25) is 0 Å². The first-order valence-electron chi connectivity index (χ1n) is 6.31. The van der Waals surface area contributed by atoms with Crippen LogP contribution in [0.15, 0.2) is 24.3 Å². The van der Waals surface area contributed by atoms with Crippen molar-refractivity contribution in [2.75, 3.05) is 0 Å². The van der Waals surface area contributed by atoms with Crippen molar-refractivity contribution in [3.8, 4) is 0 Å². The largest absolute Gasteiger partial charge is 0.481 e. The summed E-state index contributed by atoms with van der Waals surface area (Å²) in [6, 6.07) is 7.87. The molecule has 0 saturated heterocycles. The molecule has 0 aromatic heterocycles. The van der Waals surface area contributed by atoms with Crippen molar-refractivity contribution < 1.29 is 9.90 Å². The third-order valence-corrected chi connectivity index (χ3v) is 3.41. The van der Waals surface area contributed by atoms with E-state index >= 15 is 0 Å². The first kappa shape index (κ1) is 14.7. The second-order valence-electron chi connectivity index (χ2n) is 5.86. The fourth-order valence-electron chi connectivity index (χ4n) is 2.04. The van der Waals surface area contributed by atoms with Crippen LogP contribution in [0.4, 0.5) is 0 Å². The quantitative estimate of drug-likeness (QED) is 0.841. The van der Waals surface area contributed by atoms with Gasteiger partial charge in [-0.15, -0.1) is 0 Å². The molecule has 0 saturated carbocycles. The highest BCUT2D eigenvalue weighted by atomic mass is 16.4. The van der Waals surface area contributed by atoms with Crippen molar-refractivity contribution in [1.82, 2.24) is 0 Å². The highest BCUT2D eigenvalue weighted by Gasteiger charge is 2.30. The summed E-state index contributed by atoms with van der Waals surface area (Å²) < 4.78 is 0. The molecule has 0 radical (unpaired) electrons. The van der Waals surface area contributed by atoms with Crippen molar-refractivity contribution in [2.24, 2.45) is 11.1 Å². The van der Waals surface area contributed by atoms with E-state index in [-0.39, 0.29) is 12.5 Å². The average Bonchev–Trinajstić information content (AvgIpc) is 2.26. The Kier molecular flexibility index (Phi) is 4.52. The summed E-state index contributed by atoms with van der Waals surface area (Å²) in [5, 5.41) is 8.91. The van der Waals surface area contributed by atoms with Gasteiger partial charge in [0.2, 0.25) is 0 Å². The summed E-state index contributed by atoms with van der Waals surface area (Å²) in [7, 11) is 0. The van der Waals surface area contributed by atoms with Crippen LogP contribution < -0.4 is 5.73 Å². The van der Waals surface area contributed by atoms with Gasteiger partial charge in [-0.25, -0.2) is 0 Å². The lowest BCUT2D eigenvalue weighted by Gasteiger charge is -2.30. The van der Waals surface area contributed by atoms with Crippen LogP contribution in [0.3, 0.4) is 0 Å². The molecule has 3 N–H and O–H groups in total. The smallest absolute Gasteiger partial charge is 0.303 e. The van der Waals surface area contributed by atoms with Gasteiger partial charge in [-0.3, -0.25) is 4.79 Å². The van der Waals surface area contributed by atoms with Crippen LogP contribution in [0.25, 0.3) is 0 Å². The topological polar surface area (TPSA) is 63.3 Å². The van der Waals surface area contributed by atoms with Crippen LogP contribution in [0.5, 0.6) is 0 Å². The van der Waals surface area contributed by atoms with E-state index in [0.717, 1.165) is 5.56 Å². The summed E-state index contributed by atoms with van der Waals surface area (Å²) in [6.07, 6.45) is 0.0695. The molecule has 100 valence electrons. The number of rotatable bonds is 5. The molecule has 0 fully saturated rings. The van der Waals surface area contributed by atoms with Crippen molar-refractivity contribution in [3.05, 3.63) is 35.4 Å². The second-order valence-corrected chi connectivity index (χ2v) is 5.86. The normalized spacial score (nSPS) is 13.7. The first-order valence-corrected chi connectivity index (χ1v) is 6.31. The summed E-state index contributed by atoms with van der Waals surface area (Å²) in [5.74, 6) is -0.323. The zero-order valence-corrected chi connectivity index (χ0v) is 11.6. The van der Waals surface area contributed by atoms with Gasteiger partial charge < -0.3 is 10.8 Å². The van der Waals surface area contributed by atoms with E-state index in [1.165, 1.54) is 5.56 Å². The van der Waals surface area contributed by atoms with E-state index in [4.69, 9.17) is 10.8 Å². The van der Waals surface area contributed by atoms with Crippen LogP contribution in [0, 0.1) is 5.41 Å². The molecule has 0 aliphatic heterocycles. The molecule has 1 unspecified atom stereocenters. The minimum absolute atomic E-state index is 0.0695. The highest BCUT2D eigenvalue weighted by molar-refractivity contribution is 5.67. The molecule has 0 heterocycles. The van der Waals surface area contributed by atoms with Crippen LogP contribution in [0.1, 0.15) is 57.2 Å². The molecule has 0 aliphatic rings. The van der Waals surface area contributed by atoms with Crippen LogP contribution in [-0.2, 0) is 4.79 Å². The molecule has 1 aromatic rings. The van der Waals surface area contributed by atoms with Gasteiger partial charge in [-0.05, 0) is 22.5 Å². The molecule has 3 nitrogen and oxygen atoms in total. The molecule has 1 aromatic carbocycles. The van der Waals surface area contributed by atoms with Gasteiger partial charge >= 0.3 is 5.97 Å². The van der Waals surface area contributed by atoms with Gasteiger partial charge in [0.1, 0.15) is 0 Å². The van der Waals surface area contributed by atoms with Gasteiger partial charge in [0.25, 0.3) is 0 Å². The Hall–Kier alpha value is -1.35. The Bertz CT molecular complexity index is 407. The molecule has 0 amide bonds. The number of hydrogen-bond acceptors (Lipinski definition) is 2. The van der Waals surface area contributed by atoms with Crippen LogP contribution >= 0.6 is 0 Å². The highest BCUT2D eigenvalue weighted by Crippen LogP contribution is 2.34. The van der Waals surface area contributed by atoms with E-state index < -0.39 is 11.4 Å². The minimum Gasteiger partial charge on any atom is -0.481 e. The molecule has 3 heteroatoms. The first-order chi connectivity index (χ1) is 8.24. The second kappa shape index (κ2) is 5.53. The summed E-state index contributed by atoms with van der Waals surface area (Å²) >= 11 is 0. The Morgan fingerprint density at radius 1 is 1.22 bits per heavy atom. The molecular formula is C15H23NO2. The Balaban J connectivity index is 2.89. The minimum atomic E-state index is -0.811. The zero-order valence-electron chi connectivity index (χ0n) is 11.6. The van der Waals surface area contributed by atoms with E-state index in [1.807, 2.05) is 26.0 Å². The molecule has 18 heavy (non-hydrogen) atoms. The fourth-order valence-corrected chi connectivity index (χ4v) is 2.04. The number of carbonyl (C=O) groups is 1. The third kappa shape index (κ3) is 3.57. The van der Waals surface area contributed by atoms with E-state index in [9.17, 15) is 4.79 Å². The summed E-state index contributed by atoms with van der Waals surface area (Å²) in [4.78, 5) is 10.8. The number of benzene rings is 1. The average molecular weight is 249 g/mol. The molecule has 0 aliphatic carbocycles. The number of nitrogens with two attached hydrogens (primary N) is 1. The maximum atomic E-state index is 10.8. The number of aliphatic carboxylic acids is 1. The van der Waals surface area contributed by atoms with Crippen molar-refractivity contribution in [2.45, 2.75) is 46.1 Å². The molecule has 1 atom stereocenters. The van der Waals surface area contributed by atoms with Gasteiger partial charge in [-0.1, -0.05) is 52.0 Å². The van der Waals surface area contributed by atoms with Gasteiger partial charge in [0.15, 0.2) is 0 Å². The Morgan fingerprint density at radius 2 is 1.67 bits per heavy atom. The number of carboxylic acids is 1. The van der Waals surface area contributed by atoms with Crippen molar-refractivity contribution in [1.29, 1.82) is 0 Å². The Morgan fingerprint density at radius 3 is 2.06 bits per heavy atom. The van der Waals surface area contributed by atoms with Crippen molar-refractivity contribution in [3.63, 3.8) is 0 Å². The number of carboxylic acid groups (broad SMARTS) is 1.